The van der Waals surface area contributed by atoms with Crippen molar-refractivity contribution in [3.63, 3.8) is 0 Å². The lowest BCUT2D eigenvalue weighted by molar-refractivity contribution is -0.126. The normalized spacial score (nSPS) is 30.9. The molecule has 0 bridgehead atoms. The molecule has 0 aromatic carbocycles. The Hall–Kier alpha value is -1.30. The second kappa shape index (κ2) is 10.1. The Bertz CT molecular complexity index is 550. The van der Waals surface area contributed by atoms with Gasteiger partial charge in [-0.15, -0.1) is 0 Å². The van der Waals surface area contributed by atoms with Gasteiger partial charge in [-0.05, 0) is 97.1 Å². The lowest BCUT2D eigenvalue weighted by atomic mass is 9.81. The molecule has 1 aliphatic carbocycles. The number of rotatable bonds is 5. The SMILES string of the molecule is CC(C)(C)OC(=O)NCC1CCC(C(=O)NC[C@@H]2CCCN3CCCC[C@@H]23)CC1. The average molecular weight is 408 g/mol. The summed E-state index contributed by atoms with van der Waals surface area (Å²) in [6.07, 6.45) is 9.99. The Morgan fingerprint density at radius 3 is 2.34 bits per heavy atom. The smallest absolute Gasteiger partial charge is 0.407 e. The van der Waals surface area contributed by atoms with Crippen molar-refractivity contribution in [1.29, 1.82) is 0 Å². The number of hydrogen-bond donors (Lipinski definition) is 2. The highest BCUT2D eigenvalue weighted by Crippen LogP contribution is 2.31. The van der Waals surface area contributed by atoms with Crippen molar-refractivity contribution in [1.82, 2.24) is 15.5 Å². The van der Waals surface area contributed by atoms with Crippen LogP contribution in [0, 0.1) is 17.8 Å². The van der Waals surface area contributed by atoms with Gasteiger partial charge in [-0.25, -0.2) is 4.79 Å². The summed E-state index contributed by atoms with van der Waals surface area (Å²) in [7, 11) is 0. The van der Waals surface area contributed by atoms with E-state index in [0.717, 1.165) is 32.2 Å². The minimum atomic E-state index is -0.465. The molecule has 6 heteroatoms. The fourth-order valence-electron chi connectivity index (χ4n) is 5.36. The van der Waals surface area contributed by atoms with Crippen LogP contribution in [-0.2, 0) is 9.53 Å². The van der Waals surface area contributed by atoms with Gasteiger partial charge in [0.2, 0.25) is 5.91 Å². The molecule has 6 nitrogen and oxygen atoms in total. The van der Waals surface area contributed by atoms with Gasteiger partial charge < -0.3 is 20.3 Å². The predicted molar refractivity (Wildman–Crippen MR) is 115 cm³/mol. The van der Waals surface area contributed by atoms with Gasteiger partial charge in [-0.2, -0.15) is 0 Å². The first-order chi connectivity index (χ1) is 13.8. The number of carbonyl (C=O) groups is 2. The highest BCUT2D eigenvalue weighted by atomic mass is 16.6. The van der Waals surface area contributed by atoms with Crippen molar-refractivity contribution >= 4 is 12.0 Å². The molecule has 0 spiro atoms. The van der Waals surface area contributed by atoms with Gasteiger partial charge in [-0.3, -0.25) is 4.79 Å². The van der Waals surface area contributed by atoms with Crippen LogP contribution < -0.4 is 10.6 Å². The van der Waals surface area contributed by atoms with Crippen LogP contribution in [-0.4, -0.2) is 54.7 Å². The molecule has 166 valence electrons. The van der Waals surface area contributed by atoms with E-state index in [4.69, 9.17) is 4.74 Å². The number of carbonyl (C=O) groups excluding carboxylic acids is 2. The topological polar surface area (TPSA) is 70.7 Å². The van der Waals surface area contributed by atoms with E-state index in [-0.39, 0.29) is 17.9 Å². The molecule has 0 aromatic heterocycles. The standard InChI is InChI=1S/C23H41N3O3/c1-23(2,3)29-22(28)25-15-17-9-11-18(12-10-17)21(27)24-16-19-7-6-14-26-13-5-4-8-20(19)26/h17-20H,4-16H2,1-3H3,(H,24,27)(H,25,28)/t17?,18?,19-,20-/m0/s1. The molecular formula is C23H41N3O3. The van der Waals surface area contributed by atoms with Crippen molar-refractivity contribution in [3.05, 3.63) is 0 Å². The molecule has 2 saturated heterocycles. The molecule has 2 aliphatic heterocycles. The summed E-state index contributed by atoms with van der Waals surface area (Å²) >= 11 is 0. The number of ether oxygens (including phenoxy) is 1. The van der Waals surface area contributed by atoms with Gasteiger partial charge in [0.1, 0.15) is 5.60 Å². The van der Waals surface area contributed by atoms with E-state index in [2.05, 4.69) is 15.5 Å². The first-order valence-electron chi connectivity index (χ1n) is 11.8. The molecular weight excluding hydrogens is 366 g/mol. The Morgan fingerprint density at radius 2 is 1.62 bits per heavy atom. The maximum absolute atomic E-state index is 12.7. The van der Waals surface area contributed by atoms with Gasteiger partial charge in [-0.1, -0.05) is 6.42 Å². The van der Waals surface area contributed by atoms with Crippen molar-refractivity contribution in [2.75, 3.05) is 26.2 Å². The fourth-order valence-corrected chi connectivity index (χ4v) is 5.36. The van der Waals surface area contributed by atoms with Crippen LogP contribution in [0.3, 0.4) is 0 Å². The monoisotopic (exact) mass is 407 g/mol. The van der Waals surface area contributed by atoms with E-state index in [1.54, 1.807) is 0 Å². The number of nitrogens with zero attached hydrogens (tertiary/aromatic N) is 1. The number of nitrogens with one attached hydrogen (secondary N) is 2. The van der Waals surface area contributed by atoms with Crippen LogP contribution in [0.4, 0.5) is 4.79 Å². The lowest BCUT2D eigenvalue weighted by Gasteiger charge is -2.44. The van der Waals surface area contributed by atoms with E-state index in [9.17, 15) is 9.59 Å². The molecule has 2 N–H and O–H groups in total. The van der Waals surface area contributed by atoms with Crippen LogP contribution in [0.5, 0.6) is 0 Å². The number of alkyl carbamates (subject to hydrolysis) is 1. The Balaban J connectivity index is 1.34. The molecule has 3 fully saturated rings. The zero-order chi connectivity index (χ0) is 20.9. The molecule has 1 saturated carbocycles. The highest BCUT2D eigenvalue weighted by Gasteiger charge is 2.34. The summed E-state index contributed by atoms with van der Waals surface area (Å²) in [5.41, 5.74) is -0.465. The first-order valence-corrected chi connectivity index (χ1v) is 11.8. The molecule has 2 heterocycles. The van der Waals surface area contributed by atoms with Crippen molar-refractivity contribution in [3.8, 4) is 0 Å². The zero-order valence-corrected chi connectivity index (χ0v) is 18.7. The molecule has 0 radical (unpaired) electrons. The molecule has 2 amide bonds. The van der Waals surface area contributed by atoms with Gasteiger partial charge >= 0.3 is 6.09 Å². The van der Waals surface area contributed by atoms with Gasteiger partial charge in [0.15, 0.2) is 0 Å². The van der Waals surface area contributed by atoms with E-state index >= 15 is 0 Å². The largest absolute Gasteiger partial charge is 0.444 e. The van der Waals surface area contributed by atoms with Crippen LogP contribution in [0.25, 0.3) is 0 Å². The summed E-state index contributed by atoms with van der Waals surface area (Å²) in [4.78, 5) is 27.2. The summed E-state index contributed by atoms with van der Waals surface area (Å²) in [5, 5.41) is 6.17. The Kier molecular flexibility index (Phi) is 7.83. The second-order valence-corrected chi connectivity index (χ2v) is 10.3. The minimum absolute atomic E-state index is 0.138. The van der Waals surface area contributed by atoms with Crippen LogP contribution in [0.15, 0.2) is 0 Å². The van der Waals surface area contributed by atoms with Gasteiger partial charge in [0.25, 0.3) is 0 Å². The van der Waals surface area contributed by atoms with E-state index in [0.29, 0.717) is 24.4 Å². The molecule has 3 rings (SSSR count). The van der Waals surface area contributed by atoms with Crippen molar-refractivity contribution < 1.29 is 14.3 Å². The number of hydrogen-bond acceptors (Lipinski definition) is 4. The summed E-state index contributed by atoms with van der Waals surface area (Å²) < 4.78 is 5.30. The molecule has 0 aromatic rings. The second-order valence-electron chi connectivity index (χ2n) is 10.3. The number of fused-ring (bicyclic) bond motifs is 1. The first kappa shape index (κ1) is 22.4. The minimum Gasteiger partial charge on any atom is -0.444 e. The predicted octanol–water partition coefficient (Wildman–Crippen LogP) is 3.70. The molecule has 2 atom stereocenters. The molecule has 29 heavy (non-hydrogen) atoms. The Morgan fingerprint density at radius 1 is 0.897 bits per heavy atom. The maximum Gasteiger partial charge on any atom is 0.407 e. The molecule has 0 unspecified atom stereocenters. The third-order valence-electron chi connectivity index (χ3n) is 6.92. The van der Waals surface area contributed by atoms with Crippen LogP contribution >= 0.6 is 0 Å². The highest BCUT2D eigenvalue weighted by molar-refractivity contribution is 5.78. The fraction of sp³-hybridized carbons (Fsp3) is 0.913. The van der Waals surface area contributed by atoms with E-state index in [1.807, 2.05) is 20.8 Å². The summed E-state index contributed by atoms with van der Waals surface area (Å²) in [6, 6.07) is 0.687. The zero-order valence-electron chi connectivity index (χ0n) is 18.7. The van der Waals surface area contributed by atoms with E-state index in [1.165, 1.54) is 45.2 Å². The van der Waals surface area contributed by atoms with E-state index < -0.39 is 5.60 Å². The number of piperidine rings is 2. The Labute approximate surface area is 176 Å². The van der Waals surface area contributed by atoms with Crippen LogP contribution in [0.2, 0.25) is 0 Å². The third kappa shape index (κ3) is 6.87. The van der Waals surface area contributed by atoms with Gasteiger partial charge in [0.05, 0.1) is 0 Å². The summed E-state index contributed by atoms with van der Waals surface area (Å²) in [5.74, 6) is 1.46. The van der Waals surface area contributed by atoms with Crippen molar-refractivity contribution in [2.24, 2.45) is 17.8 Å². The maximum atomic E-state index is 12.7. The number of amides is 2. The molecule has 3 aliphatic rings. The third-order valence-corrected chi connectivity index (χ3v) is 6.92. The van der Waals surface area contributed by atoms with Crippen molar-refractivity contribution in [2.45, 2.75) is 90.2 Å². The van der Waals surface area contributed by atoms with Gasteiger partial charge in [0, 0.05) is 25.0 Å². The lowest BCUT2D eigenvalue weighted by Crippen LogP contribution is -2.51. The van der Waals surface area contributed by atoms with Crippen LogP contribution in [0.1, 0.15) is 78.6 Å². The summed E-state index contributed by atoms with van der Waals surface area (Å²) in [6.45, 7) is 9.59. The quantitative estimate of drug-likeness (QED) is 0.729. The average Bonchev–Trinajstić information content (AvgIpc) is 2.69.